The van der Waals surface area contributed by atoms with Crippen molar-refractivity contribution in [3.63, 3.8) is 0 Å². The van der Waals surface area contributed by atoms with E-state index >= 15 is 0 Å². The number of carbonyl (C=O) groups is 1. The summed E-state index contributed by atoms with van der Waals surface area (Å²) in [5, 5.41) is 0. The fraction of sp³-hybridized carbons (Fsp3) is 0.154. The van der Waals surface area contributed by atoms with E-state index in [2.05, 4.69) is 0 Å². The van der Waals surface area contributed by atoms with Gasteiger partial charge in [-0.25, -0.2) is 14.2 Å². The molecule has 152 valence electrons. The summed E-state index contributed by atoms with van der Waals surface area (Å²) in [5.74, 6) is -0.960. The van der Waals surface area contributed by atoms with Gasteiger partial charge in [-0.05, 0) is 44.5 Å². The molecule has 0 aromatic heterocycles. The number of carbonyl (C=O) groups excluding carboxylic acids is 1. The first-order chi connectivity index (χ1) is 14.3. The quantitative estimate of drug-likeness (QED) is 0.297. The molecular weight excluding hydrogens is 377 g/mol. The van der Waals surface area contributed by atoms with Crippen molar-refractivity contribution < 1.29 is 13.9 Å². The number of hydrogen-bond donors (Lipinski definition) is 0. The summed E-state index contributed by atoms with van der Waals surface area (Å²) in [5.41, 5.74) is 2.28. The van der Waals surface area contributed by atoms with Gasteiger partial charge in [-0.2, -0.15) is 0 Å². The first kappa shape index (κ1) is 21.2. The number of hydrogen-bond acceptors (Lipinski definition) is 3. The maximum Gasteiger partial charge on any atom is 0.357 e. The van der Waals surface area contributed by atoms with Crippen LogP contribution in [0.15, 0.2) is 95.6 Å². The van der Waals surface area contributed by atoms with Crippen LogP contribution in [0.5, 0.6) is 0 Å². The topological polar surface area (TPSA) is 38.7 Å². The van der Waals surface area contributed by atoms with Crippen molar-refractivity contribution in [1.82, 2.24) is 0 Å². The van der Waals surface area contributed by atoms with E-state index in [0.29, 0.717) is 11.3 Å². The van der Waals surface area contributed by atoms with Crippen LogP contribution >= 0.6 is 0 Å². The van der Waals surface area contributed by atoms with Crippen molar-refractivity contribution in [2.45, 2.75) is 26.4 Å². The highest BCUT2D eigenvalue weighted by Gasteiger charge is 2.21. The maximum atomic E-state index is 13.7. The Morgan fingerprint density at radius 3 is 1.93 bits per heavy atom. The first-order valence-electron chi connectivity index (χ1n) is 9.72. The Hall–Kier alpha value is -3.53. The van der Waals surface area contributed by atoms with Gasteiger partial charge < -0.3 is 4.74 Å². The van der Waals surface area contributed by atoms with Crippen LogP contribution in [0.3, 0.4) is 0 Å². The average molecular weight is 401 g/mol. The molecule has 0 aliphatic heterocycles. The zero-order chi connectivity index (χ0) is 21.6. The van der Waals surface area contributed by atoms with Crippen LogP contribution in [0.2, 0.25) is 0 Å². The van der Waals surface area contributed by atoms with Crippen LogP contribution in [-0.4, -0.2) is 17.3 Å². The fourth-order valence-electron chi connectivity index (χ4n) is 2.83. The van der Waals surface area contributed by atoms with E-state index in [1.165, 1.54) is 12.1 Å². The lowest BCUT2D eigenvalue weighted by Crippen LogP contribution is -2.25. The minimum atomic E-state index is -0.687. The van der Waals surface area contributed by atoms with Gasteiger partial charge in [0.2, 0.25) is 0 Å². The number of ether oxygens (including phenoxy) is 1. The molecule has 30 heavy (non-hydrogen) atoms. The van der Waals surface area contributed by atoms with E-state index in [1.54, 1.807) is 39.0 Å². The van der Waals surface area contributed by atoms with E-state index in [-0.39, 0.29) is 11.5 Å². The molecule has 0 aliphatic rings. The lowest BCUT2D eigenvalue weighted by atomic mass is 10.0. The van der Waals surface area contributed by atoms with E-state index < -0.39 is 11.6 Å². The van der Waals surface area contributed by atoms with Crippen LogP contribution in [0.25, 0.3) is 6.08 Å². The molecule has 0 bridgehead atoms. The Morgan fingerprint density at radius 2 is 1.43 bits per heavy atom. The van der Waals surface area contributed by atoms with Gasteiger partial charge in [-0.3, -0.25) is 0 Å². The Kier molecular flexibility index (Phi) is 6.58. The van der Waals surface area contributed by atoms with Crippen molar-refractivity contribution in [3.05, 3.63) is 113 Å². The number of aliphatic imine (C=N–C) groups is 1. The normalized spacial score (nSPS) is 11.7. The van der Waals surface area contributed by atoms with Crippen molar-refractivity contribution in [3.8, 4) is 0 Å². The van der Waals surface area contributed by atoms with Crippen LogP contribution < -0.4 is 0 Å². The highest BCUT2D eigenvalue weighted by Crippen LogP contribution is 2.19. The van der Waals surface area contributed by atoms with Gasteiger partial charge in [0.25, 0.3) is 0 Å². The van der Waals surface area contributed by atoms with Crippen LogP contribution in [0, 0.1) is 5.82 Å². The third kappa shape index (κ3) is 5.98. The molecule has 0 aliphatic carbocycles. The van der Waals surface area contributed by atoms with Gasteiger partial charge >= 0.3 is 5.97 Å². The highest BCUT2D eigenvalue weighted by atomic mass is 19.1. The van der Waals surface area contributed by atoms with Gasteiger partial charge in [-0.15, -0.1) is 0 Å². The number of esters is 1. The molecule has 0 saturated heterocycles. The van der Waals surface area contributed by atoms with Crippen LogP contribution in [0.4, 0.5) is 4.39 Å². The Labute approximate surface area is 176 Å². The second kappa shape index (κ2) is 9.31. The molecule has 0 spiro atoms. The second-order valence-electron chi connectivity index (χ2n) is 7.78. The molecule has 0 atom stereocenters. The minimum absolute atomic E-state index is 0.0956. The summed E-state index contributed by atoms with van der Waals surface area (Å²) >= 11 is 0. The summed E-state index contributed by atoms with van der Waals surface area (Å²) in [4.78, 5) is 17.7. The SMILES string of the molecule is CC(C)(C)OC(=O)C(=Cc1cccc(F)c1)N=C(c1ccccc1)c1ccccc1. The third-order valence-corrected chi connectivity index (χ3v) is 4.09. The monoisotopic (exact) mass is 401 g/mol. The molecule has 0 heterocycles. The molecule has 0 fully saturated rings. The summed E-state index contributed by atoms with van der Waals surface area (Å²) in [7, 11) is 0. The van der Waals surface area contributed by atoms with Gasteiger partial charge in [-0.1, -0.05) is 72.8 Å². The standard InChI is InChI=1S/C26H24FNO2/c1-26(2,3)30-25(29)23(18-19-11-10-16-22(27)17-19)28-24(20-12-6-4-7-13-20)21-14-8-5-9-15-21/h4-18H,1-3H3. The van der Waals surface area contributed by atoms with E-state index in [0.717, 1.165) is 11.1 Å². The molecule has 3 aromatic rings. The fourth-order valence-corrected chi connectivity index (χ4v) is 2.83. The van der Waals surface area contributed by atoms with E-state index in [9.17, 15) is 9.18 Å². The van der Waals surface area contributed by atoms with E-state index in [4.69, 9.17) is 9.73 Å². The van der Waals surface area contributed by atoms with Gasteiger partial charge in [0.15, 0.2) is 0 Å². The third-order valence-electron chi connectivity index (χ3n) is 4.09. The largest absolute Gasteiger partial charge is 0.455 e. The van der Waals surface area contributed by atoms with Crippen molar-refractivity contribution >= 4 is 17.8 Å². The lowest BCUT2D eigenvalue weighted by molar-refractivity contribution is -0.149. The number of nitrogens with zero attached hydrogens (tertiary/aromatic N) is 1. The Balaban J connectivity index is 2.16. The Morgan fingerprint density at radius 1 is 0.867 bits per heavy atom. The average Bonchev–Trinajstić information content (AvgIpc) is 2.71. The zero-order valence-electron chi connectivity index (χ0n) is 17.3. The molecule has 3 rings (SSSR count). The first-order valence-corrected chi connectivity index (χ1v) is 9.72. The number of halogens is 1. The summed E-state index contributed by atoms with van der Waals surface area (Å²) in [6.07, 6.45) is 1.54. The molecule has 0 radical (unpaired) electrons. The highest BCUT2D eigenvalue weighted by molar-refractivity contribution is 6.15. The predicted octanol–water partition coefficient (Wildman–Crippen LogP) is 6.05. The molecule has 4 heteroatoms. The maximum absolute atomic E-state index is 13.7. The molecule has 0 N–H and O–H groups in total. The summed E-state index contributed by atoms with van der Waals surface area (Å²) in [6.45, 7) is 5.39. The van der Waals surface area contributed by atoms with Crippen molar-refractivity contribution in [2.24, 2.45) is 4.99 Å². The molecule has 0 saturated carbocycles. The minimum Gasteiger partial charge on any atom is -0.455 e. The van der Waals surface area contributed by atoms with Crippen LogP contribution in [0.1, 0.15) is 37.5 Å². The Bertz CT molecular complexity index is 1020. The molecule has 3 aromatic carbocycles. The second-order valence-corrected chi connectivity index (χ2v) is 7.78. The smallest absolute Gasteiger partial charge is 0.357 e. The van der Waals surface area contributed by atoms with Gasteiger partial charge in [0.05, 0.1) is 5.71 Å². The van der Waals surface area contributed by atoms with Crippen LogP contribution in [-0.2, 0) is 9.53 Å². The van der Waals surface area contributed by atoms with E-state index in [1.807, 2.05) is 60.7 Å². The number of benzene rings is 3. The van der Waals surface area contributed by atoms with Crippen molar-refractivity contribution in [1.29, 1.82) is 0 Å². The lowest BCUT2D eigenvalue weighted by Gasteiger charge is -2.20. The summed E-state index contributed by atoms with van der Waals surface area (Å²) < 4.78 is 19.3. The van der Waals surface area contributed by atoms with Crippen molar-refractivity contribution in [2.75, 3.05) is 0 Å². The molecular formula is C26H24FNO2. The number of rotatable bonds is 5. The molecule has 0 unspecified atom stereocenters. The summed E-state index contributed by atoms with van der Waals surface area (Å²) in [6, 6.07) is 25.2. The predicted molar refractivity (Wildman–Crippen MR) is 119 cm³/mol. The van der Waals surface area contributed by atoms with Gasteiger partial charge in [0, 0.05) is 11.1 Å². The zero-order valence-corrected chi connectivity index (χ0v) is 17.3. The molecule has 0 amide bonds. The van der Waals surface area contributed by atoms with Gasteiger partial charge in [0.1, 0.15) is 17.1 Å². The molecule has 3 nitrogen and oxygen atoms in total.